The van der Waals surface area contributed by atoms with Gasteiger partial charge in [-0.3, -0.25) is 4.79 Å². The second kappa shape index (κ2) is 8.06. The van der Waals surface area contributed by atoms with Crippen molar-refractivity contribution >= 4 is 18.0 Å². The minimum atomic E-state index is -1.33. The lowest BCUT2D eigenvalue weighted by Gasteiger charge is -2.28. The van der Waals surface area contributed by atoms with E-state index in [4.69, 9.17) is 4.74 Å². The molecule has 0 aromatic heterocycles. The first kappa shape index (κ1) is 20.9. The van der Waals surface area contributed by atoms with E-state index in [0.717, 1.165) is 35.1 Å². The highest BCUT2D eigenvalue weighted by Gasteiger charge is 2.49. The lowest BCUT2D eigenvalue weighted by atomic mass is 9.95. The minimum absolute atomic E-state index is 0.0764. The Morgan fingerprint density at radius 3 is 2.13 bits per heavy atom. The van der Waals surface area contributed by atoms with Crippen molar-refractivity contribution in [2.24, 2.45) is 5.92 Å². The number of carboxylic acids is 1. The molecule has 4 rings (SSSR count). The molecule has 0 saturated heterocycles. The van der Waals surface area contributed by atoms with Crippen LogP contribution in [0.15, 0.2) is 48.5 Å². The van der Waals surface area contributed by atoms with Crippen molar-refractivity contribution in [3.63, 3.8) is 0 Å². The van der Waals surface area contributed by atoms with E-state index in [-0.39, 0.29) is 18.4 Å². The van der Waals surface area contributed by atoms with Gasteiger partial charge in [0.05, 0.1) is 0 Å². The number of amides is 2. The number of carbonyl (C=O) groups is 3. The molecule has 31 heavy (non-hydrogen) atoms. The summed E-state index contributed by atoms with van der Waals surface area (Å²) in [4.78, 5) is 36.4. The van der Waals surface area contributed by atoms with Crippen molar-refractivity contribution in [3.05, 3.63) is 59.7 Å². The van der Waals surface area contributed by atoms with Gasteiger partial charge in [0.2, 0.25) is 5.91 Å². The van der Waals surface area contributed by atoms with Crippen molar-refractivity contribution in [1.82, 2.24) is 10.6 Å². The molecular weight excluding hydrogens is 396 g/mol. The van der Waals surface area contributed by atoms with E-state index in [2.05, 4.69) is 22.8 Å². The predicted octanol–water partition coefficient (Wildman–Crippen LogP) is 3.28. The molecule has 0 aliphatic heterocycles. The number of fused-ring (bicyclic) bond motifs is 3. The molecule has 2 aliphatic rings. The molecule has 0 radical (unpaired) electrons. The Morgan fingerprint density at radius 2 is 1.61 bits per heavy atom. The largest absolute Gasteiger partial charge is 0.480 e. The lowest BCUT2D eigenvalue weighted by molar-refractivity contribution is -0.148. The van der Waals surface area contributed by atoms with Crippen molar-refractivity contribution in [3.8, 4) is 11.1 Å². The molecule has 1 fully saturated rings. The van der Waals surface area contributed by atoms with Gasteiger partial charge in [0, 0.05) is 5.92 Å². The van der Waals surface area contributed by atoms with Gasteiger partial charge in [0.25, 0.3) is 0 Å². The highest BCUT2D eigenvalue weighted by Crippen LogP contribution is 2.44. The van der Waals surface area contributed by atoms with Crippen LogP contribution in [0.1, 0.15) is 43.7 Å². The van der Waals surface area contributed by atoms with Crippen LogP contribution in [0.2, 0.25) is 0 Å². The molecule has 2 aromatic carbocycles. The summed E-state index contributed by atoms with van der Waals surface area (Å²) in [6.07, 6.45) is 0.808. The number of alkyl carbamates (subject to hydrolysis) is 1. The Hall–Kier alpha value is -3.35. The van der Waals surface area contributed by atoms with Gasteiger partial charge in [-0.05, 0) is 54.9 Å². The summed E-state index contributed by atoms with van der Waals surface area (Å²) < 4.78 is 5.45. The molecule has 2 aromatic rings. The highest BCUT2D eigenvalue weighted by molar-refractivity contribution is 5.91. The summed E-state index contributed by atoms with van der Waals surface area (Å²) in [5.41, 5.74) is 3.14. The van der Waals surface area contributed by atoms with E-state index >= 15 is 0 Å². The standard InChI is InChI=1S/C24H26N2O5/c1-14(21(27)26-24(2,22(28)29)15-11-12-15)25-23(30)31-13-20-18-9-5-3-7-16(18)17-8-4-6-10-19(17)20/h3-10,14-15,20H,11-13H2,1-2H3,(H,25,30)(H,26,27)(H,28,29)/t14-,24?/m1/s1. The maximum atomic E-state index is 12.5. The fourth-order valence-electron chi connectivity index (χ4n) is 4.24. The van der Waals surface area contributed by atoms with Crippen LogP contribution in [0.25, 0.3) is 11.1 Å². The molecule has 2 atom stereocenters. The summed E-state index contributed by atoms with van der Waals surface area (Å²) >= 11 is 0. The van der Waals surface area contributed by atoms with Gasteiger partial charge in [-0.25, -0.2) is 9.59 Å². The molecule has 7 heteroatoms. The smallest absolute Gasteiger partial charge is 0.407 e. The first-order valence-electron chi connectivity index (χ1n) is 10.5. The fraction of sp³-hybridized carbons (Fsp3) is 0.375. The molecule has 2 amide bonds. The highest BCUT2D eigenvalue weighted by atomic mass is 16.5. The molecule has 1 saturated carbocycles. The van der Waals surface area contributed by atoms with Crippen molar-refractivity contribution in [2.75, 3.05) is 6.61 Å². The zero-order valence-electron chi connectivity index (χ0n) is 17.6. The third-order valence-corrected chi connectivity index (χ3v) is 6.29. The van der Waals surface area contributed by atoms with Crippen LogP contribution in [-0.4, -0.2) is 41.3 Å². The fourth-order valence-corrected chi connectivity index (χ4v) is 4.24. The third-order valence-electron chi connectivity index (χ3n) is 6.29. The molecule has 3 N–H and O–H groups in total. The minimum Gasteiger partial charge on any atom is -0.480 e. The van der Waals surface area contributed by atoms with E-state index in [1.807, 2.05) is 36.4 Å². The summed E-state index contributed by atoms with van der Waals surface area (Å²) in [5, 5.41) is 14.6. The van der Waals surface area contributed by atoms with Gasteiger partial charge in [0.15, 0.2) is 0 Å². The van der Waals surface area contributed by atoms with Gasteiger partial charge >= 0.3 is 12.1 Å². The Labute approximate surface area is 180 Å². The molecule has 0 bridgehead atoms. The van der Waals surface area contributed by atoms with Crippen molar-refractivity contribution in [1.29, 1.82) is 0 Å². The first-order chi connectivity index (χ1) is 14.8. The number of carbonyl (C=O) groups excluding carboxylic acids is 2. The molecule has 2 aliphatic carbocycles. The summed E-state index contributed by atoms with van der Waals surface area (Å²) in [5.74, 6) is -1.79. The Kier molecular flexibility index (Phi) is 5.43. The molecule has 0 heterocycles. The SMILES string of the molecule is C[C@@H](NC(=O)OCC1c2ccccc2-c2ccccc21)C(=O)NC(C)(C(=O)O)C1CC1. The lowest BCUT2D eigenvalue weighted by Crippen LogP contribution is -2.58. The number of hydrogen-bond acceptors (Lipinski definition) is 4. The number of rotatable bonds is 7. The molecule has 162 valence electrons. The van der Waals surface area contributed by atoms with Gasteiger partial charge in [0.1, 0.15) is 18.2 Å². The average Bonchev–Trinajstić information content (AvgIpc) is 3.56. The Morgan fingerprint density at radius 1 is 1.06 bits per heavy atom. The maximum Gasteiger partial charge on any atom is 0.407 e. The third kappa shape index (κ3) is 4.00. The van der Waals surface area contributed by atoms with Crippen LogP contribution >= 0.6 is 0 Å². The van der Waals surface area contributed by atoms with E-state index in [9.17, 15) is 19.5 Å². The number of hydrogen-bond donors (Lipinski definition) is 3. The number of ether oxygens (including phenoxy) is 1. The molecular formula is C24H26N2O5. The predicted molar refractivity (Wildman–Crippen MR) is 115 cm³/mol. The van der Waals surface area contributed by atoms with Gasteiger partial charge in [-0.1, -0.05) is 48.5 Å². The monoisotopic (exact) mass is 422 g/mol. The quantitative estimate of drug-likeness (QED) is 0.635. The Balaban J connectivity index is 1.36. The zero-order chi connectivity index (χ0) is 22.2. The molecule has 0 spiro atoms. The first-order valence-corrected chi connectivity index (χ1v) is 10.5. The second-order valence-corrected chi connectivity index (χ2v) is 8.46. The topological polar surface area (TPSA) is 105 Å². The molecule has 7 nitrogen and oxygen atoms in total. The maximum absolute atomic E-state index is 12.5. The van der Waals surface area contributed by atoms with E-state index in [1.165, 1.54) is 13.8 Å². The van der Waals surface area contributed by atoms with Crippen LogP contribution in [0.5, 0.6) is 0 Å². The molecule has 1 unspecified atom stereocenters. The summed E-state index contributed by atoms with van der Waals surface area (Å²) in [7, 11) is 0. The van der Waals surface area contributed by atoms with Crippen molar-refractivity contribution < 1.29 is 24.2 Å². The second-order valence-electron chi connectivity index (χ2n) is 8.46. The van der Waals surface area contributed by atoms with Crippen LogP contribution < -0.4 is 10.6 Å². The number of benzene rings is 2. The zero-order valence-corrected chi connectivity index (χ0v) is 17.6. The van der Waals surface area contributed by atoms with Gasteiger partial charge < -0.3 is 20.5 Å². The summed E-state index contributed by atoms with van der Waals surface area (Å²) in [6, 6.07) is 15.1. The van der Waals surface area contributed by atoms with Gasteiger partial charge in [-0.2, -0.15) is 0 Å². The van der Waals surface area contributed by atoms with E-state index in [0.29, 0.717) is 0 Å². The average molecular weight is 422 g/mol. The van der Waals surface area contributed by atoms with E-state index in [1.54, 1.807) is 0 Å². The van der Waals surface area contributed by atoms with Crippen LogP contribution in [0.3, 0.4) is 0 Å². The van der Waals surface area contributed by atoms with Crippen molar-refractivity contribution in [2.45, 2.75) is 44.2 Å². The Bertz CT molecular complexity index is 987. The normalized spacial score (nSPS) is 17.6. The number of aliphatic carboxylic acids is 1. The van der Waals surface area contributed by atoms with Crippen LogP contribution in [-0.2, 0) is 14.3 Å². The van der Waals surface area contributed by atoms with E-state index < -0.39 is 29.6 Å². The number of carboxylic acid groups (broad SMARTS) is 1. The number of nitrogens with one attached hydrogen (secondary N) is 2. The van der Waals surface area contributed by atoms with Gasteiger partial charge in [-0.15, -0.1) is 0 Å². The summed E-state index contributed by atoms with van der Waals surface area (Å²) in [6.45, 7) is 3.15. The van der Waals surface area contributed by atoms with Crippen LogP contribution in [0.4, 0.5) is 4.79 Å². The van der Waals surface area contributed by atoms with Crippen LogP contribution in [0, 0.1) is 5.92 Å².